The van der Waals surface area contributed by atoms with Crippen molar-refractivity contribution in [2.75, 3.05) is 26.7 Å². The second-order valence-electron chi connectivity index (χ2n) is 4.72. The Labute approximate surface area is 99.1 Å². The number of hydrogen-bond donors (Lipinski definition) is 0. The topological polar surface area (TPSA) is 29.5 Å². The van der Waals surface area contributed by atoms with Crippen LogP contribution in [0.4, 0.5) is 0 Å². The van der Waals surface area contributed by atoms with Crippen molar-refractivity contribution in [1.29, 1.82) is 0 Å². The van der Waals surface area contributed by atoms with Gasteiger partial charge in [0.05, 0.1) is 13.5 Å². The summed E-state index contributed by atoms with van der Waals surface area (Å²) in [5.74, 6) is 0.758. The van der Waals surface area contributed by atoms with E-state index in [-0.39, 0.29) is 5.97 Å². The maximum atomic E-state index is 11.1. The molecule has 0 aromatic carbocycles. The molecule has 0 heterocycles. The van der Waals surface area contributed by atoms with Gasteiger partial charge in [-0.2, -0.15) is 0 Å². The van der Waals surface area contributed by atoms with Gasteiger partial charge in [-0.1, -0.05) is 26.2 Å². The average molecular weight is 227 g/mol. The highest BCUT2D eigenvalue weighted by molar-refractivity contribution is 5.69. The molecule has 1 aliphatic carbocycles. The molecule has 1 aliphatic rings. The lowest BCUT2D eigenvalue weighted by atomic mass is 9.89. The van der Waals surface area contributed by atoms with Gasteiger partial charge in [-0.3, -0.25) is 4.79 Å². The van der Waals surface area contributed by atoms with Crippen LogP contribution in [-0.4, -0.2) is 37.6 Å². The summed E-state index contributed by atoms with van der Waals surface area (Å²) < 4.78 is 4.67. The summed E-state index contributed by atoms with van der Waals surface area (Å²) in [4.78, 5) is 13.5. The van der Waals surface area contributed by atoms with E-state index in [1.807, 2.05) is 0 Å². The van der Waals surface area contributed by atoms with Crippen LogP contribution in [0.2, 0.25) is 0 Å². The van der Waals surface area contributed by atoms with Gasteiger partial charge in [-0.15, -0.1) is 0 Å². The van der Waals surface area contributed by atoms with Gasteiger partial charge in [0, 0.05) is 13.1 Å². The molecule has 0 N–H and O–H groups in total. The van der Waals surface area contributed by atoms with Crippen molar-refractivity contribution in [3.05, 3.63) is 0 Å². The lowest BCUT2D eigenvalue weighted by molar-refractivity contribution is -0.141. The van der Waals surface area contributed by atoms with Crippen molar-refractivity contribution >= 4 is 5.97 Å². The van der Waals surface area contributed by atoms with Crippen LogP contribution in [0.3, 0.4) is 0 Å². The minimum atomic E-state index is -0.0953. The highest BCUT2D eigenvalue weighted by Crippen LogP contribution is 2.24. The van der Waals surface area contributed by atoms with E-state index >= 15 is 0 Å². The molecule has 0 aromatic rings. The summed E-state index contributed by atoms with van der Waals surface area (Å²) in [6.45, 7) is 5.21. The molecule has 0 unspecified atom stereocenters. The van der Waals surface area contributed by atoms with Gasteiger partial charge in [0.25, 0.3) is 0 Å². The normalized spacial score (nSPS) is 17.7. The summed E-state index contributed by atoms with van der Waals surface area (Å²) in [6.07, 6.45) is 7.45. The molecule has 16 heavy (non-hydrogen) atoms. The fraction of sp³-hybridized carbons (Fsp3) is 0.923. The van der Waals surface area contributed by atoms with Crippen LogP contribution in [0.5, 0.6) is 0 Å². The number of hydrogen-bond acceptors (Lipinski definition) is 3. The molecule has 0 bridgehead atoms. The monoisotopic (exact) mass is 227 g/mol. The summed E-state index contributed by atoms with van der Waals surface area (Å²) in [5.41, 5.74) is 0. The summed E-state index contributed by atoms with van der Waals surface area (Å²) >= 11 is 0. The van der Waals surface area contributed by atoms with Crippen molar-refractivity contribution in [3.8, 4) is 0 Å². The number of rotatable bonds is 6. The smallest absolute Gasteiger partial charge is 0.306 e. The Morgan fingerprint density at radius 3 is 2.56 bits per heavy atom. The SMILES string of the molecule is CCN(CCC(=O)OC)CC1CCCCC1. The van der Waals surface area contributed by atoms with Gasteiger partial charge < -0.3 is 9.64 Å². The van der Waals surface area contributed by atoms with Crippen LogP contribution in [0.15, 0.2) is 0 Å². The van der Waals surface area contributed by atoms with E-state index in [0.29, 0.717) is 6.42 Å². The highest BCUT2D eigenvalue weighted by atomic mass is 16.5. The molecule has 0 atom stereocenters. The molecule has 0 aromatic heterocycles. The first kappa shape index (κ1) is 13.5. The van der Waals surface area contributed by atoms with Gasteiger partial charge >= 0.3 is 5.97 Å². The van der Waals surface area contributed by atoms with Gasteiger partial charge in [0.2, 0.25) is 0 Å². The third-order valence-electron chi connectivity index (χ3n) is 3.55. The maximum Gasteiger partial charge on any atom is 0.306 e. The summed E-state index contributed by atoms with van der Waals surface area (Å²) in [5, 5.41) is 0. The van der Waals surface area contributed by atoms with Crippen molar-refractivity contribution in [2.45, 2.75) is 45.4 Å². The Morgan fingerprint density at radius 1 is 1.31 bits per heavy atom. The van der Waals surface area contributed by atoms with Crippen molar-refractivity contribution in [2.24, 2.45) is 5.92 Å². The standard InChI is InChI=1S/C13H25NO2/c1-3-14(10-9-13(15)16-2)11-12-7-5-4-6-8-12/h12H,3-11H2,1-2H3. The molecule has 1 fully saturated rings. The molecule has 0 spiro atoms. The maximum absolute atomic E-state index is 11.1. The van der Waals surface area contributed by atoms with E-state index in [9.17, 15) is 4.79 Å². The summed E-state index contributed by atoms with van der Waals surface area (Å²) in [7, 11) is 1.46. The zero-order valence-electron chi connectivity index (χ0n) is 10.7. The van der Waals surface area contributed by atoms with Crippen molar-refractivity contribution in [3.63, 3.8) is 0 Å². The van der Waals surface area contributed by atoms with Crippen LogP contribution in [0, 0.1) is 5.92 Å². The van der Waals surface area contributed by atoms with E-state index in [1.54, 1.807) is 0 Å². The number of nitrogens with zero attached hydrogens (tertiary/aromatic N) is 1. The largest absolute Gasteiger partial charge is 0.469 e. The highest BCUT2D eigenvalue weighted by Gasteiger charge is 2.16. The molecule has 3 heteroatoms. The Morgan fingerprint density at radius 2 is 2.00 bits per heavy atom. The molecule has 0 saturated heterocycles. The van der Waals surface area contributed by atoms with Gasteiger partial charge in [-0.25, -0.2) is 0 Å². The molecule has 3 nitrogen and oxygen atoms in total. The zero-order chi connectivity index (χ0) is 11.8. The minimum Gasteiger partial charge on any atom is -0.469 e. The molecule has 1 rings (SSSR count). The Hall–Kier alpha value is -0.570. The zero-order valence-corrected chi connectivity index (χ0v) is 10.7. The molecule has 0 amide bonds. The quantitative estimate of drug-likeness (QED) is 0.653. The number of ether oxygens (including phenoxy) is 1. The van der Waals surface area contributed by atoms with E-state index in [0.717, 1.165) is 25.6 Å². The van der Waals surface area contributed by atoms with Crippen molar-refractivity contribution in [1.82, 2.24) is 4.90 Å². The van der Waals surface area contributed by atoms with E-state index < -0.39 is 0 Å². The van der Waals surface area contributed by atoms with Crippen LogP contribution < -0.4 is 0 Å². The lowest BCUT2D eigenvalue weighted by Gasteiger charge is -2.28. The number of carbonyl (C=O) groups excluding carboxylic acids is 1. The van der Waals surface area contributed by atoms with Crippen LogP contribution >= 0.6 is 0 Å². The Bertz CT molecular complexity index is 200. The first-order valence-corrected chi connectivity index (χ1v) is 6.55. The molecule has 1 saturated carbocycles. The Balaban J connectivity index is 2.22. The number of methoxy groups -OCH3 is 1. The van der Waals surface area contributed by atoms with Gasteiger partial charge in [-0.05, 0) is 25.3 Å². The predicted octanol–water partition coefficient (Wildman–Crippen LogP) is 2.45. The van der Waals surface area contributed by atoms with Gasteiger partial charge in [0.15, 0.2) is 0 Å². The van der Waals surface area contributed by atoms with E-state index in [1.165, 1.54) is 39.2 Å². The first-order chi connectivity index (χ1) is 7.76. The molecular weight excluding hydrogens is 202 g/mol. The van der Waals surface area contributed by atoms with Crippen LogP contribution in [0.1, 0.15) is 45.4 Å². The fourth-order valence-corrected chi connectivity index (χ4v) is 2.46. The third-order valence-corrected chi connectivity index (χ3v) is 3.55. The molecule has 94 valence electrons. The predicted molar refractivity (Wildman–Crippen MR) is 65.3 cm³/mol. The lowest BCUT2D eigenvalue weighted by Crippen LogP contribution is -2.32. The Kier molecular flexibility index (Phi) is 6.46. The number of carbonyl (C=O) groups is 1. The third kappa shape index (κ3) is 4.97. The average Bonchev–Trinajstić information content (AvgIpc) is 2.35. The second kappa shape index (κ2) is 7.66. The van der Waals surface area contributed by atoms with E-state index in [2.05, 4.69) is 16.6 Å². The van der Waals surface area contributed by atoms with Crippen LogP contribution in [-0.2, 0) is 9.53 Å². The second-order valence-corrected chi connectivity index (χ2v) is 4.72. The molecule has 0 aliphatic heterocycles. The first-order valence-electron chi connectivity index (χ1n) is 6.55. The molecular formula is C13H25NO2. The van der Waals surface area contributed by atoms with Gasteiger partial charge in [0.1, 0.15) is 0 Å². The number of esters is 1. The molecule has 0 radical (unpaired) electrons. The summed E-state index contributed by atoms with van der Waals surface area (Å²) in [6, 6.07) is 0. The fourth-order valence-electron chi connectivity index (χ4n) is 2.46. The van der Waals surface area contributed by atoms with E-state index in [4.69, 9.17) is 0 Å². The minimum absolute atomic E-state index is 0.0953. The van der Waals surface area contributed by atoms with Crippen molar-refractivity contribution < 1.29 is 9.53 Å². The van der Waals surface area contributed by atoms with Crippen LogP contribution in [0.25, 0.3) is 0 Å².